The number of ketones is 1. The van der Waals surface area contributed by atoms with Crippen LogP contribution in [0.25, 0.3) is 22.1 Å². The number of aromatic hydroxyl groups is 2. The average Bonchev–Trinajstić information content (AvgIpc) is 2.70. The predicted molar refractivity (Wildman–Crippen MR) is 115 cm³/mol. The van der Waals surface area contributed by atoms with Crippen LogP contribution in [0, 0.1) is 5.92 Å². The summed E-state index contributed by atoms with van der Waals surface area (Å²) >= 11 is 0. The minimum absolute atomic E-state index is 0.0668. The number of hydrogen-bond acceptors (Lipinski definition) is 6. The van der Waals surface area contributed by atoms with Crippen LogP contribution in [0.1, 0.15) is 36.7 Å². The van der Waals surface area contributed by atoms with Gasteiger partial charge in [-0.05, 0) is 12.5 Å². The quantitative estimate of drug-likeness (QED) is 0.321. The molecule has 0 radical (unpaired) electrons. The molecule has 1 unspecified atom stereocenters. The fraction of sp³-hybridized carbons (Fsp3) is 0.250. The summed E-state index contributed by atoms with van der Waals surface area (Å²) in [5, 5.41) is 32.4. The van der Waals surface area contributed by atoms with Crippen LogP contribution < -0.4 is 5.63 Å². The molecule has 1 heterocycles. The van der Waals surface area contributed by atoms with Crippen molar-refractivity contribution in [3.8, 4) is 22.6 Å². The maximum Gasteiger partial charge on any atom is 0.336 e. The molecule has 0 amide bonds. The largest absolute Gasteiger partial charge is 0.507 e. The van der Waals surface area contributed by atoms with Crippen molar-refractivity contribution in [2.45, 2.75) is 33.3 Å². The fourth-order valence-corrected chi connectivity index (χ4v) is 3.36. The highest BCUT2D eigenvalue weighted by Crippen LogP contribution is 2.44. The highest BCUT2D eigenvalue weighted by Gasteiger charge is 2.29. The molecular weight excluding hydrogens is 384 g/mol. The molecule has 0 saturated carbocycles. The van der Waals surface area contributed by atoms with Crippen LogP contribution in [-0.4, -0.2) is 27.2 Å². The Bertz CT molecular complexity index is 1190. The zero-order chi connectivity index (χ0) is 22.2. The Kier molecular flexibility index (Phi) is 5.80. The van der Waals surface area contributed by atoms with Crippen LogP contribution >= 0.6 is 0 Å². The van der Waals surface area contributed by atoms with Crippen LogP contribution in [0.2, 0.25) is 0 Å². The third-order valence-corrected chi connectivity index (χ3v) is 5.05. The number of carbonyl (C=O) groups excluding carboxylic acids is 1. The van der Waals surface area contributed by atoms with Gasteiger partial charge in [-0.1, -0.05) is 56.3 Å². The second-order valence-electron chi connectivity index (χ2n) is 7.69. The topological polar surface area (TPSA) is 108 Å². The Morgan fingerprint density at radius 3 is 2.33 bits per heavy atom. The van der Waals surface area contributed by atoms with Crippen molar-refractivity contribution in [1.29, 1.82) is 0 Å². The Morgan fingerprint density at radius 2 is 1.77 bits per heavy atom. The lowest BCUT2D eigenvalue weighted by molar-refractivity contribution is 0.0933. The van der Waals surface area contributed by atoms with Gasteiger partial charge in [0.15, 0.2) is 5.78 Å². The van der Waals surface area contributed by atoms with Gasteiger partial charge in [0.05, 0.1) is 11.5 Å². The van der Waals surface area contributed by atoms with Crippen LogP contribution in [-0.2, 0) is 6.42 Å². The minimum Gasteiger partial charge on any atom is -0.507 e. The highest BCUT2D eigenvalue weighted by atomic mass is 16.4. The zero-order valence-electron chi connectivity index (χ0n) is 17.1. The lowest BCUT2D eigenvalue weighted by atomic mass is 9.89. The van der Waals surface area contributed by atoms with Crippen molar-refractivity contribution in [1.82, 2.24) is 0 Å². The summed E-state index contributed by atoms with van der Waals surface area (Å²) in [6.07, 6.45) is -1.19. The van der Waals surface area contributed by atoms with E-state index < -0.39 is 34.9 Å². The molecule has 6 nitrogen and oxygen atoms in total. The van der Waals surface area contributed by atoms with Crippen molar-refractivity contribution in [3.05, 3.63) is 70.1 Å². The number of phenolic OH excluding ortho intramolecular Hbond substituents is 2. The number of benzene rings is 2. The molecule has 0 aliphatic rings. The Balaban J connectivity index is 2.50. The van der Waals surface area contributed by atoms with Gasteiger partial charge < -0.3 is 19.7 Å². The molecule has 0 fully saturated rings. The second-order valence-corrected chi connectivity index (χ2v) is 7.69. The van der Waals surface area contributed by atoms with Gasteiger partial charge in [-0.3, -0.25) is 4.79 Å². The molecule has 3 rings (SSSR count). The molecule has 156 valence electrons. The number of carbonyl (C=O) groups is 1. The number of phenols is 2. The summed E-state index contributed by atoms with van der Waals surface area (Å²) in [5.74, 6) is -1.94. The Labute approximate surface area is 173 Å². The second kappa shape index (κ2) is 8.16. The van der Waals surface area contributed by atoms with Gasteiger partial charge in [0.25, 0.3) is 0 Å². The number of Topliss-reactive ketones (excluding diaryl/α,β-unsaturated/α-hetero) is 1. The molecule has 3 aromatic rings. The van der Waals surface area contributed by atoms with E-state index in [1.807, 2.05) is 6.07 Å². The first-order chi connectivity index (χ1) is 14.1. The first-order valence-electron chi connectivity index (χ1n) is 9.61. The first kappa shape index (κ1) is 21.3. The summed E-state index contributed by atoms with van der Waals surface area (Å²) in [7, 11) is 0. The van der Waals surface area contributed by atoms with Crippen LogP contribution in [0.15, 0.2) is 57.8 Å². The molecule has 1 aromatic heterocycles. The number of aliphatic hydroxyl groups is 1. The number of aliphatic hydroxyl groups excluding tert-OH is 1. The highest BCUT2D eigenvalue weighted by molar-refractivity contribution is 6.11. The molecule has 0 bridgehead atoms. The van der Waals surface area contributed by atoms with Gasteiger partial charge in [-0.15, -0.1) is 0 Å². The molecule has 0 saturated heterocycles. The maximum atomic E-state index is 12.8. The monoisotopic (exact) mass is 408 g/mol. The molecule has 2 aromatic carbocycles. The number of hydrogen-bond donors (Lipinski definition) is 3. The molecular formula is C24H24O6. The summed E-state index contributed by atoms with van der Waals surface area (Å²) in [5.41, 5.74) is 0.485. The summed E-state index contributed by atoms with van der Waals surface area (Å²) in [4.78, 5) is 25.1. The van der Waals surface area contributed by atoms with E-state index in [0.717, 1.165) is 0 Å². The van der Waals surface area contributed by atoms with Gasteiger partial charge in [0.1, 0.15) is 22.6 Å². The Morgan fingerprint density at radius 1 is 1.13 bits per heavy atom. The summed E-state index contributed by atoms with van der Waals surface area (Å²) in [6, 6.07) is 10.1. The summed E-state index contributed by atoms with van der Waals surface area (Å²) in [6.45, 7) is 8.63. The van der Waals surface area contributed by atoms with E-state index in [-0.39, 0.29) is 28.5 Å². The fourth-order valence-electron chi connectivity index (χ4n) is 3.36. The molecule has 1 atom stereocenters. The van der Waals surface area contributed by atoms with E-state index in [4.69, 9.17) is 4.42 Å². The van der Waals surface area contributed by atoms with Gasteiger partial charge in [0, 0.05) is 29.5 Å². The van der Waals surface area contributed by atoms with Gasteiger partial charge in [-0.2, -0.15) is 0 Å². The zero-order valence-corrected chi connectivity index (χ0v) is 17.1. The molecule has 0 spiro atoms. The molecule has 0 aliphatic carbocycles. The SMILES string of the molecule is C=C(C)C(O)Cc1c(O)c(C(=O)C(C)C)c(O)c2c(-c3ccccc3)cc(=O)oc12. The van der Waals surface area contributed by atoms with Crippen LogP contribution in [0.4, 0.5) is 0 Å². The normalized spacial score (nSPS) is 12.3. The third-order valence-electron chi connectivity index (χ3n) is 5.05. The van der Waals surface area contributed by atoms with Crippen molar-refractivity contribution >= 4 is 16.8 Å². The minimum atomic E-state index is -1.05. The van der Waals surface area contributed by atoms with Crippen LogP contribution in [0.5, 0.6) is 11.5 Å². The number of rotatable bonds is 6. The lowest BCUT2D eigenvalue weighted by Gasteiger charge is -2.19. The Hall–Kier alpha value is -3.38. The standard InChI is InChI=1S/C24H24O6/c1-12(2)17(25)10-16-22(28)20(21(27)13(3)4)23(29)19-15(11-18(26)30-24(16)19)14-8-6-5-7-9-14/h5-9,11,13,17,25,28-29H,1,10H2,2-4H3. The van der Waals surface area contributed by atoms with Crippen molar-refractivity contribution < 1.29 is 24.5 Å². The van der Waals surface area contributed by atoms with E-state index >= 15 is 0 Å². The van der Waals surface area contributed by atoms with Crippen LogP contribution in [0.3, 0.4) is 0 Å². The number of fused-ring (bicyclic) bond motifs is 1. The van der Waals surface area contributed by atoms with Crippen molar-refractivity contribution in [3.63, 3.8) is 0 Å². The molecule has 0 aliphatic heterocycles. The first-order valence-corrected chi connectivity index (χ1v) is 9.61. The molecule has 6 heteroatoms. The van der Waals surface area contributed by atoms with E-state index in [1.165, 1.54) is 6.07 Å². The predicted octanol–water partition coefficient (Wildman–Crippen LogP) is 4.19. The smallest absolute Gasteiger partial charge is 0.336 e. The molecule has 30 heavy (non-hydrogen) atoms. The maximum absolute atomic E-state index is 12.8. The average molecular weight is 408 g/mol. The van der Waals surface area contributed by atoms with Gasteiger partial charge in [0.2, 0.25) is 0 Å². The van der Waals surface area contributed by atoms with E-state index in [1.54, 1.807) is 45.0 Å². The lowest BCUT2D eigenvalue weighted by Crippen LogP contribution is -2.15. The summed E-state index contributed by atoms with van der Waals surface area (Å²) < 4.78 is 5.36. The van der Waals surface area contributed by atoms with Crippen molar-refractivity contribution in [2.75, 3.05) is 0 Å². The van der Waals surface area contributed by atoms with Crippen molar-refractivity contribution in [2.24, 2.45) is 5.92 Å². The van der Waals surface area contributed by atoms with E-state index in [0.29, 0.717) is 16.7 Å². The van der Waals surface area contributed by atoms with Gasteiger partial charge in [-0.25, -0.2) is 4.79 Å². The van der Waals surface area contributed by atoms with E-state index in [2.05, 4.69) is 6.58 Å². The van der Waals surface area contributed by atoms with E-state index in [9.17, 15) is 24.9 Å². The third kappa shape index (κ3) is 3.74. The molecule has 3 N–H and O–H groups in total. The van der Waals surface area contributed by atoms with Gasteiger partial charge >= 0.3 is 5.63 Å².